The molecule has 0 aliphatic heterocycles. The molecule has 1 aromatic carbocycles. The van der Waals surface area contributed by atoms with E-state index in [1.54, 1.807) is 5.48 Å². The van der Waals surface area contributed by atoms with Crippen LogP contribution in [0.25, 0.3) is 0 Å². The van der Waals surface area contributed by atoms with Crippen LogP contribution < -0.4 is 11.0 Å². The molecule has 3 N–H and O–H groups in total. The summed E-state index contributed by atoms with van der Waals surface area (Å²) in [4.78, 5) is 16.8. The zero-order valence-corrected chi connectivity index (χ0v) is 10.7. The van der Waals surface area contributed by atoms with Gasteiger partial charge in [0.05, 0.1) is 6.61 Å². The molecule has 0 aromatic heterocycles. The van der Waals surface area contributed by atoms with Crippen molar-refractivity contribution in [3.63, 3.8) is 0 Å². The van der Waals surface area contributed by atoms with Crippen LogP contribution in [0.2, 0.25) is 0 Å². The summed E-state index contributed by atoms with van der Waals surface area (Å²) in [7, 11) is 0. The Hall–Kier alpha value is -1.43. The Labute approximate surface area is 107 Å². The van der Waals surface area contributed by atoms with Crippen LogP contribution in [0.15, 0.2) is 30.3 Å². The predicted molar refractivity (Wildman–Crippen MR) is 67.5 cm³/mol. The van der Waals surface area contributed by atoms with E-state index in [4.69, 9.17) is 10.0 Å². The van der Waals surface area contributed by atoms with E-state index in [0.29, 0.717) is 6.61 Å². The minimum atomic E-state index is -0.566. The van der Waals surface area contributed by atoms with Gasteiger partial charge < -0.3 is 0 Å². The molecular weight excluding hydrogens is 232 g/mol. The molecule has 0 aliphatic carbocycles. The van der Waals surface area contributed by atoms with E-state index in [-0.39, 0.29) is 5.92 Å². The molecule has 0 bridgehead atoms. The van der Waals surface area contributed by atoms with Crippen molar-refractivity contribution >= 4 is 5.91 Å². The number of benzene rings is 1. The fourth-order valence-corrected chi connectivity index (χ4v) is 1.52. The Bertz CT molecular complexity index is 357. The molecule has 0 fully saturated rings. The van der Waals surface area contributed by atoms with Crippen LogP contribution >= 0.6 is 0 Å². The number of amides is 1. The van der Waals surface area contributed by atoms with Crippen LogP contribution in [0.5, 0.6) is 0 Å². The molecule has 0 saturated carbocycles. The van der Waals surface area contributed by atoms with E-state index in [1.807, 2.05) is 44.2 Å². The Balaban J connectivity index is 2.45. The number of hydrogen-bond donors (Lipinski definition) is 3. The van der Waals surface area contributed by atoms with Crippen molar-refractivity contribution in [3.8, 4) is 0 Å². The van der Waals surface area contributed by atoms with Gasteiger partial charge in [0.1, 0.15) is 6.04 Å². The largest absolute Gasteiger partial charge is 0.296 e. The van der Waals surface area contributed by atoms with Gasteiger partial charge in [-0.05, 0) is 11.5 Å². The number of carbonyl (C=O) groups excluding carboxylic acids is 1. The first kappa shape index (κ1) is 14.6. The normalized spacial score (nSPS) is 13.9. The molecule has 1 amide bonds. The van der Waals surface area contributed by atoms with Crippen LogP contribution in [0.1, 0.15) is 25.8 Å². The topological polar surface area (TPSA) is 70.6 Å². The van der Waals surface area contributed by atoms with Crippen molar-refractivity contribution in [2.24, 2.45) is 5.92 Å². The fourth-order valence-electron chi connectivity index (χ4n) is 1.52. The molecule has 18 heavy (non-hydrogen) atoms. The van der Waals surface area contributed by atoms with Gasteiger partial charge in [0.15, 0.2) is 0 Å². The zero-order chi connectivity index (χ0) is 13.4. The SMILES string of the molecule is CCC(C)C(NOCc1ccccc1)C(=O)NO. The minimum Gasteiger partial charge on any atom is -0.296 e. The van der Waals surface area contributed by atoms with Gasteiger partial charge >= 0.3 is 0 Å². The molecule has 5 heteroatoms. The van der Waals surface area contributed by atoms with Gasteiger partial charge in [0, 0.05) is 0 Å². The summed E-state index contributed by atoms with van der Waals surface area (Å²) in [6, 6.07) is 9.08. The standard InChI is InChI=1S/C13H20N2O3/c1-3-10(2)12(13(16)14-17)15-18-9-11-7-5-4-6-8-11/h4-8,10,12,15,17H,3,9H2,1-2H3,(H,14,16). The number of hydrogen-bond acceptors (Lipinski definition) is 4. The lowest BCUT2D eigenvalue weighted by molar-refractivity contribution is -0.138. The minimum absolute atomic E-state index is 0.0629. The van der Waals surface area contributed by atoms with E-state index in [0.717, 1.165) is 12.0 Å². The van der Waals surface area contributed by atoms with Gasteiger partial charge in [0.2, 0.25) is 0 Å². The van der Waals surface area contributed by atoms with Crippen LogP contribution in [-0.4, -0.2) is 17.2 Å². The molecule has 0 spiro atoms. The summed E-state index contributed by atoms with van der Waals surface area (Å²) < 4.78 is 0. The highest BCUT2D eigenvalue weighted by molar-refractivity contribution is 5.80. The van der Waals surface area contributed by atoms with Crippen LogP contribution in [-0.2, 0) is 16.2 Å². The smallest absolute Gasteiger partial charge is 0.263 e. The maximum atomic E-state index is 11.5. The highest BCUT2D eigenvalue weighted by Crippen LogP contribution is 2.08. The Morgan fingerprint density at radius 3 is 2.61 bits per heavy atom. The molecule has 2 unspecified atom stereocenters. The van der Waals surface area contributed by atoms with Gasteiger partial charge in [-0.1, -0.05) is 50.6 Å². The number of hydroxylamine groups is 2. The maximum Gasteiger partial charge on any atom is 0.263 e. The lowest BCUT2D eigenvalue weighted by Gasteiger charge is -2.21. The van der Waals surface area contributed by atoms with Crippen molar-refractivity contribution in [2.75, 3.05) is 0 Å². The first-order valence-electron chi connectivity index (χ1n) is 6.04. The predicted octanol–water partition coefficient (Wildman–Crippen LogP) is 1.63. The summed E-state index contributed by atoms with van der Waals surface area (Å²) in [5.41, 5.74) is 5.36. The molecule has 1 aromatic rings. The third-order valence-corrected chi connectivity index (χ3v) is 2.90. The third kappa shape index (κ3) is 4.44. The molecule has 0 radical (unpaired) electrons. The second kappa shape index (κ2) is 7.81. The average Bonchev–Trinajstić information content (AvgIpc) is 2.43. The van der Waals surface area contributed by atoms with E-state index in [9.17, 15) is 4.79 Å². The third-order valence-electron chi connectivity index (χ3n) is 2.90. The molecule has 0 aliphatic rings. The Morgan fingerprint density at radius 1 is 1.39 bits per heavy atom. The number of nitrogens with one attached hydrogen (secondary N) is 2. The summed E-state index contributed by atoms with van der Waals surface area (Å²) in [6.07, 6.45) is 0.805. The number of carbonyl (C=O) groups is 1. The van der Waals surface area contributed by atoms with Crippen LogP contribution in [0.3, 0.4) is 0 Å². The Kier molecular flexibility index (Phi) is 6.35. The lowest BCUT2D eigenvalue weighted by Crippen LogP contribution is -2.47. The van der Waals surface area contributed by atoms with E-state index in [1.165, 1.54) is 0 Å². The maximum absolute atomic E-state index is 11.5. The fraction of sp³-hybridized carbons (Fsp3) is 0.462. The first-order chi connectivity index (χ1) is 8.69. The second-order valence-electron chi connectivity index (χ2n) is 4.23. The molecule has 100 valence electrons. The summed E-state index contributed by atoms with van der Waals surface area (Å²) in [6.45, 7) is 4.26. The lowest BCUT2D eigenvalue weighted by atomic mass is 10.00. The molecule has 0 saturated heterocycles. The number of rotatable bonds is 7. The van der Waals surface area contributed by atoms with Gasteiger partial charge in [-0.15, -0.1) is 0 Å². The highest BCUT2D eigenvalue weighted by Gasteiger charge is 2.23. The monoisotopic (exact) mass is 252 g/mol. The highest BCUT2D eigenvalue weighted by atomic mass is 16.6. The van der Waals surface area contributed by atoms with E-state index >= 15 is 0 Å². The molecular formula is C13H20N2O3. The molecule has 5 nitrogen and oxygen atoms in total. The molecule has 0 heterocycles. The van der Waals surface area contributed by atoms with Crippen molar-refractivity contribution in [1.29, 1.82) is 0 Å². The van der Waals surface area contributed by atoms with Gasteiger partial charge in [-0.3, -0.25) is 14.8 Å². The van der Waals surface area contributed by atoms with Crippen LogP contribution in [0, 0.1) is 5.92 Å². The van der Waals surface area contributed by atoms with Crippen molar-refractivity contribution in [2.45, 2.75) is 32.9 Å². The van der Waals surface area contributed by atoms with Crippen LogP contribution in [0.4, 0.5) is 0 Å². The van der Waals surface area contributed by atoms with Crippen molar-refractivity contribution in [3.05, 3.63) is 35.9 Å². The first-order valence-corrected chi connectivity index (χ1v) is 6.04. The summed E-state index contributed by atoms with van der Waals surface area (Å²) in [5.74, 6) is -0.426. The van der Waals surface area contributed by atoms with Crippen molar-refractivity contribution < 1.29 is 14.8 Å². The van der Waals surface area contributed by atoms with Gasteiger partial charge in [-0.25, -0.2) is 5.48 Å². The summed E-state index contributed by atoms with van der Waals surface area (Å²) in [5, 5.41) is 8.67. The van der Waals surface area contributed by atoms with Gasteiger partial charge in [0.25, 0.3) is 5.91 Å². The average molecular weight is 252 g/mol. The quantitative estimate of drug-likeness (QED) is 0.509. The second-order valence-corrected chi connectivity index (χ2v) is 4.23. The zero-order valence-electron chi connectivity index (χ0n) is 10.7. The molecule has 2 atom stereocenters. The van der Waals surface area contributed by atoms with E-state index in [2.05, 4.69) is 5.48 Å². The molecule has 1 rings (SSSR count). The van der Waals surface area contributed by atoms with Crippen molar-refractivity contribution in [1.82, 2.24) is 11.0 Å². The van der Waals surface area contributed by atoms with E-state index < -0.39 is 11.9 Å². The Morgan fingerprint density at radius 2 is 2.06 bits per heavy atom. The summed E-state index contributed by atoms with van der Waals surface area (Å²) >= 11 is 0. The van der Waals surface area contributed by atoms with Gasteiger partial charge in [-0.2, -0.15) is 5.48 Å².